The second-order valence-electron chi connectivity index (χ2n) is 4.58. The summed E-state index contributed by atoms with van der Waals surface area (Å²) in [6.45, 7) is 1.04. The fraction of sp³-hybridized carbons (Fsp3) is 0.333. The van der Waals surface area contributed by atoms with Gasteiger partial charge in [-0.2, -0.15) is 5.10 Å². The first-order valence-electron chi connectivity index (χ1n) is 6.73. The predicted molar refractivity (Wildman–Crippen MR) is 75.9 cm³/mol. The van der Waals surface area contributed by atoms with E-state index in [1.54, 1.807) is 10.9 Å². The number of aliphatic hydroxyl groups is 1. The summed E-state index contributed by atoms with van der Waals surface area (Å²) < 4.78 is 1.72. The number of hydrogen-bond acceptors (Lipinski definition) is 3. The van der Waals surface area contributed by atoms with Crippen molar-refractivity contribution in [3.8, 4) is 0 Å². The Morgan fingerprint density at radius 1 is 1.30 bits per heavy atom. The summed E-state index contributed by atoms with van der Waals surface area (Å²) in [5.74, 6) is -0.0271. The molecule has 1 aromatic heterocycles. The largest absolute Gasteiger partial charge is 0.388 e. The number of nitrogens with one attached hydrogen (secondary N) is 1. The number of rotatable bonds is 7. The van der Waals surface area contributed by atoms with Crippen molar-refractivity contribution in [2.75, 3.05) is 6.54 Å². The Balaban J connectivity index is 1.64. The van der Waals surface area contributed by atoms with E-state index in [-0.39, 0.29) is 5.91 Å². The average Bonchev–Trinajstić information content (AvgIpc) is 2.99. The first-order valence-corrected chi connectivity index (χ1v) is 6.73. The molecule has 0 aliphatic rings. The molecule has 5 heteroatoms. The molecule has 20 heavy (non-hydrogen) atoms. The highest BCUT2D eigenvalue weighted by molar-refractivity contribution is 5.75. The standard InChI is InChI=1S/C15H19N3O2/c19-14(13-5-2-1-3-6-13)7-10-16-15(20)8-12-18-11-4-9-17-18/h1-6,9,11,14,19H,7-8,10,12H2,(H,16,20). The molecule has 0 saturated heterocycles. The lowest BCUT2D eigenvalue weighted by molar-refractivity contribution is -0.121. The maximum absolute atomic E-state index is 11.6. The molecule has 2 rings (SSSR count). The third-order valence-electron chi connectivity index (χ3n) is 3.05. The smallest absolute Gasteiger partial charge is 0.221 e. The number of nitrogens with zero attached hydrogens (tertiary/aromatic N) is 2. The van der Waals surface area contributed by atoms with Crippen LogP contribution in [-0.4, -0.2) is 27.3 Å². The van der Waals surface area contributed by atoms with Crippen molar-refractivity contribution in [3.63, 3.8) is 0 Å². The van der Waals surface area contributed by atoms with Gasteiger partial charge in [0.15, 0.2) is 0 Å². The third kappa shape index (κ3) is 4.51. The molecule has 0 radical (unpaired) electrons. The highest BCUT2D eigenvalue weighted by Crippen LogP contribution is 2.14. The van der Waals surface area contributed by atoms with Gasteiger partial charge < -0.3 is 10.4 Å². The molecule has 1 amide bonds. The number of amides is 1. The summed E-state index contributed by atoms with van der Waals surface area (Å²) in [7, 11) is 0. The van der Waals surface area contributed by atoms with Gasteiger partial charge in [-0.3, -0.25) is 9.48 Å². The van der Waals surface area contributed by atoms with Crippen LogP contribution in [0.5, 0.6) is 0 Å². The maximum atomic E-state index is 11.6. The molecule has 2 N–H and O–H groups in total. The van der Waals surface area contributed by atoms with E-state index < -0.39 is 6.10 Å². The molecular weight excluding hydrogens is 254 g/mol. The van der Waals surface area contributed by atoms with Crippen molar-refractivity contribution in [2.24, 2.45) is 0 Å². The van der Waals surface area contributed by atoms with E-state index in [0.29, 0.717) is 25.9 Å². The lowest BCUT2D eigenvalue weighted by Crippen LogP contribution is -2.26. The van der Waals surface area contributed by atoms with Crippen LogP contribution in [0.4, 0.5) is 0 Å². The zero-order chi connectivity index (χ0) is 14.2. The van der Waals surface area contributed by atoms with E-state index in [2.05, 4.69) is 10.4 Å². The normalized spacial score (nSPS) is 12.1. The minimum Gasteiger partial charge on any atom is -0.388 e. The first kappa shape index (κ1) is 14.3. The van der Waals surface area contributed by atoms with E-state index in [0.717, 1.165) is 5.56 Å². The Hall–Kier alpha value is -2.14. The lowest BCUT2D eigenvalue weighted by atomic mass is 10.1. The van der Waals surface area contributed by atoms with E-state index in [4.69, 9.17) is 0 Å². The fourth-order valence-electron chi connectivity index (χ4n) is 1.93. The van der Waals surface area contributed by atoms with Crippen LogP contribution in [0.25, 0.3) is 0 Å². The molecule has 2 aromatic rings. The first-order chi connectivity index (χ1) is 9.75. The van der Waals surface area contributed by atoms with Crippen LogP contribution >= 0.6 is 0 Å². The van der Waals surface area contributed by atoms with Crippen LogP contribution in [0.2, 0.25) is 0 Å². The molecule has 1 unspecified atom stereocenters. The minimum atomic E-state index is -0.539. The van der Waals surface area contributed by atoms with Crippen molar-refractivity contribution in [3.05, 3.63) is 54.4 Å². The topological polar surface area (TPSA) is 67.2 Å². The van der Waals surface area contributed by atoms with E-state index >= 15 is 0 Å². The number of benzene rings is 1. The summed E-state index contributed by atoms with van der Waals surface area (Å²) in [6.07, 6.45) is 3.88. The molecule has 0 aliphatic carbocycles. The van der Waals surface area contributed by atoms with Crippen molar-refractivity contribution < 1.29 is 9.90 Å². The third-order valence-corrected chi connectivity index (χ3v) is 3.05. The molecule has 0 saturated carbocycles. The van der Waals surface area contributed by atoms with Crippen molar-refractivity contribution in [2.45, 2.75) is 25.5 Å². The summed E-state index contributed by atoms with van der Waals surface area (Å²) in [6, 6.07) is 11.3. The molecule has 106 valence electrons. The number of aromatic nitrogens is 2. The highest BCUT2D eigenvalue weighted by atomic mass is 16.3. The molecule has 1 aromatic carbocycles. The van der Waals surface area contributed by atoms with E-state index in [1.165, 1.54) is 0 Å². The molecular formula is C15H19N3O2. The van der Waals surface area contributed by atoms with Crippen LogP contribution in [0.1, 0.15) is 24.5 Å². The molecule has 5 nitrogen and oxygen atoms in total. The highest BCUT2D eigenvalue weighted by Gasteiger charge is 2.07. The Kier molecular flexibility index (Phi) is 5.32. The summed E-state index contributed by atoms with van der Waals surface area (Å²) in [4.78, 5) is 11.6. The second-order valence-corrected chi connectivity index (χ2v) is 4.58. The van der Waals surface area contributed by atoms with Crippen LogP contribution in [0, 0.1) is 0 Å². The zero-order valence-corrected chi connectivity index (χ0v) is 11.3. The van der Waals surface area contributed by atoms with Crippen molar-refractivity contribution in [1.82, 2.24) is 15.1 Å². The Labute approximate surface area is 118 Å². The molecule has 1 heterocycles. The molecule has 1 atom stereocenters. The zero-order valence-electron chi connectivity index (χ0n) is 11.3. The maximum Gasteiger partial charge on any atom is 0.221 e. The second kappa shape index (κ2) is 7.45. The van der Waals surface area contributed by atoms with Crippen LogP contribution in [-0.2, 0) is 11.3 Å². The molecule has 0 aliphatic heterocycles. The van der Waals surface area contributed by atoms with Crippen LogP contribution < -0.4 is 5.32 Å². The van der Waals surface area contributed by atoms with E-state index in [9.17, 15) is 9.90 Å². The monoisotopic (exact) mass is 273 g/mol. The lowest BCUT2D eigenvalue weighted by Gasteiger charge is -2.11. The quantitative estimate of drug-likeness (QED) is 0.803. The van der Waals surface area contributed by atoms with Crippen LogP contribution in [0.3, 0.4) is 0 Å². The number of aryl methyl sites for hydroxylation is 1. The van der Waals surface area contributed by atoms with Gasteiger partial charge in [-0.25, -0.2) is 0 Å². The van der Waals surface area contributed by atoms with Gasteiger partial charge in [-0.15, -0.1) is 0 Å². The summed E-state index contributed by atoms with van der Waals surface area (Å²) in [5.41, 5.74) is 0.873. The van der Waals surface area contributed by atoms with Gasteiger partial charge in [-0.1, -0.05) is 30.3 Å². The number of aliphatic hydroxyl groups excluding tert-OH is 1. The minimum absolute atomic E-state index is 0.0271. The molecule has 0 bridgehead atoms. The van der Waals surface area contributed by atoms with Gasteiger partial charge in [0.2, 0.25) is 5.91 Å². The van der Waals surface area contributed by atoms with Crippen molar-refractivity contribution in [1.29, 1.82) is 0 Å². The van der Waals surface area contributed by atoms with Gasteiger partial charge in [-0.05, 0) is 18.1 Å². The predicted octanol–water partition coefficient (Wildman–Crippen LogP) is 1.51. The Bertz CT molecular complexity index is 511. The Morgan fingerprint density at radius 3 is 2.80 bits per heavy atom. The van der Waals surface area contributed by atoms with Gasteiger partial charge in [0.25, 0.3) is 0 Å². The van der Waals surface area contributed by atoms with Crippen LogP contribution in [0.15, 0.2) is 48.8 Å². The average molecular weight is 273 g/mol. The fourth-order valence-corrected chi connectivity index (χ4v) is 1.93. The summed E-state index contributed by atoms with van der Waals surface area (Å²) >= 11 is 0. The number of carbonyl (C=O) groups excluding carboxylic acids is 1. The van der Waals surface area contributed by atoms with Gasteiger partial charge in [0.1, 0.15) is 0 Å². The Morgan fingerprint density at radius 2 is 2.10 bits per heavy atom. The molecule has 0 spiro atoms. The molecule has 0 fully saturated rings. The van der Waals surface area contributed by atoms with E-state index in [1.807, 2.05) is 42.6 Å². The van der Waals surface area contributed by atoms with Gasteiger partial charge >= 0.3 is 0 Å². The number of carbonyl (C=O) groups is 1. The summed E-state index contributed by atoms with van der Waals surface area (Å²) in [5, 5.41) is 16.8. The van der Waals surface area contributed by atoms with Crippen molar-refractivity contribution >= 4 is 5.91 Å². The van der Waals surface area contributed by atoms with Gasteiger partial charge in [0.05, 0.1) is 6.10 Å². The SMILES string of the molecule is O=C(CCn1cccn1)NCCC(O)c1ccccc1. The van der Waals surface area contributed by atoms with Gasteiger partial charge in [0, 0.05) is 31.9 Å². The number of hydrogen-bond donors (Lipinski definition) is 2.